The molecule has 0 amide bonds. The molecule has 6 heteroatoms. The lowest BCUT2D eigenvalue weighted by atomic mass is 10.3. The van der Waals surface area contributed by atoms with Crippen LogP contribution in [0.2, 0.25) is 0 Å². The highest BCUT2D eigenvalue weighted by Gasteiger charge is 2.13. The van der Waals surface area contributed by atoms with Crippen molar-refractivity contribution in [2.24, 2.45) is 5.92 Å². The van der Waals surface area contributed by atoms with Crippen LogP contribution in [-0.2, 0) is 10.0 Å². The molecule has 0 radical (unpaired) electrons. The van der Waals surface area contributed by atoms with Gasteiger partial charge >= 0.3 is 0 Å². The van der Waals surface area contributed by atoms with Gasteiger partial charge in [-0.1, -0.05) is 25.8 Å². The number of hydrogen-bond acceptors (Lipinski definition) is 4. The summed E-state index contributed by atoms with van der Waals surface area (Å²) in [6.07, 6.45) is 0. The van der Waals surface area contributed by atoms with E-state index in [1.807, 2.05) is 13.8 Å². The molecular weight excluding hydrogens is 252 g/mol. The molecule has 5 nitrogen and oxygen atoms in total. The molecule has 1 aromatic rings. The van der Waals surface area contributed by atoms with E-state index < -0.39 is 10.0 Å². The van der Waals surface area contributed by atoms with Gasteiger partial charge < -0.3 is 5.11 Å². The van der Waals surface area contributed by atoms with E-state index in [1.54, 1.807) is 18.2 Å². The second-order valence-electron chi connectivity index (χ2n) is 4.15. The lowest BCUT2D eigenvalue weighted by molar-refractivity contribution is 0.350. The van der Waals surface area contributed by atoms with Gasteiger partial charge in [-0.05, 0) is 24.0 Å². The summed E-state index contributed by atoms with van der Waals surface area (Å²) in [5.74, 6) is 5.39. The number of aromatic nitrogens is 1. The molecule has 0 fully saturated rings. The third kappa shape index (κ3) is 5.17. The first-order valence-corrected chi connectivity index (χ1v) is 7.15. The zero-order chi connectivity index (χ0) is 13.6. The number of nitrogens with one attached hydrogen (secondary N) is 1. The summed E-state index contributed by atoms with van der Waals surface area (Å²) in [5.41, 5.74) is 0.411. The Labute approximate surface area is 107 Å². The molecule has 0 aromatic carbocycles. The van der Waals surface area contributed by atoms with Crippen LogP contribution in [0, 0.1) is 17.8 Å². The predicted molar refractivity (Wildman–Crippen MR) is 70.4 cm³/mol. The van der Waals surface area contributed by atoms with Crippen molar-refractivity contribution >= 4 is 15.8 Å². The van der Waals surface area contributed by atoms with E-state index in [2.05, 4.69) is 21.5 Å². The number of hydrogen-bond donors (Lipinski definition) is 2. The van der Waals surface area contributed by atoms with E-state index in [0.717, 1.165) is 0 Å². The van der Waals surface area contributed by atoms with Crippen molar-refractivity contribution in [1.82, 2.24) is 4.98 Å². The Bertz CT molecular complexity index is 556. The van der Waals surface area contributed by atoms with Crippen LogP contribution in [0.4, 0.5) is 5.82 Å². The molecule has 0 aliphatic rings. The van der Waals surface area contributed by atoms with Gasteiger partial charge in [0, 0.05) is 0 Å². The summed E-state index contributed by atoms with van der Waals surface area (Å²) in [4.78, 5) is 4.03. The number of nitrogens with zero attached hydrogens (tertiary/aromatic N) is 1. The third-order valence-electron chi connectivity index (χ3n) is 1.86. The lowest BCUT2D eigenvalue weighted by Gasteiger charge is -2.09. The number of pyridine rings is 1. The van der Waals surface area contributed by atoms with E-state index in [4.69, 9.17) is 5.11 Å². The monoisotopic (exact) mass is 268 g/mol. The van der Waals surface area contributed by atoms with Crippen LogP contribution in [0.5, 0.6) is 0 Å². The van der Waals surface area contributed by atoms with Crippen LogP contribution < -0.4 is 4.72 Å². The molecule has 0 aliphatic heterocycles. The Kier molecular flexibility index (Phi) is 5.13. The normalized spacial score (nSPS) is 10.9. The summed E-state index contributed by atoms with van der Waals surface area (Å²) in [6, 6.07) is 4.85. The van der Waals surface area contributed by atoms with Crippen molar-refractivity contribution in [3.63, 3.8) is 0 Å². The second kappa shape index (κ2) is 6.38. The first kappa shape index (κ1) is 14.5. The molecule has 0 saturated carbocycles. The average molecular weight is 268 g/mol. The molecule has 98 valence electrons. The second-order valence-corrected chi connectivity index (χ2v) is 5.91. The van der Waals surface area contributed by atoms with Crippen LogP contribution >= 0.6 is 0 Å². The van der Waals surface area contributed by atoms with Gasteiger partial charge in [-0.15, -0.1) is 0 Å². The molecule has 1 rings (SSSR count). The van der Waals surface area contributed by atoms with E-state index in [0.29, 0.717) is 5.69 Å². The van der Waals surface area contributed by atoms with E-state index >= 15 is 0 Å². The van der Waals surface area contributed by atoms with Crippen LogP contribution in [0.1, 0.15) is 19.5 Å². The largest absolute Gasteiger partial charge is 0.384 e. The van der Waals surface area contributed by atoms with E-state index in [-0.39, 0.29) is 24.1 Å². The number of anilines is 1. The fourth-order valence-electron chi connectivity index (χ4n) is 1.33. The Morgan fingerprint density at radius 2 is 2.17 bits per heavy atom. The highest BCUT2D eigenvalue weighted by molar-refractivity contribution is 7.92. The van der Waals surface area contributed by atoms with Crippen molar-refractivity contribution < 1.29 is 13.5 Å². The topological polar surface area (TPSA) is 79.3 Å². The Morgan fingerprint density at radius 1 is 1.44 bits per heavy atom. The first-order valence-electron chi connectivity index (χ1n) is 5.50. The molecular formula is C12H16N2O3S. The molecule has 0 unspecified atom stereocenters. The van der Waals surface area contributed by atoms with Gasteiger partial charge in [-0.2, -0.15) is 0 Å². The lowest BCUT2D eigenvalue weighted by Crippen LogP contribution is -2.20. The SMILES string of the molecule is CC(C)CS(=O)(=O)Nc1cccc(C#CCO)n1. The highest BCUT2D eigenvalue weighted by Crippen LogP contribution is 2.08. The smallest absolute Gasteiger partial charge is 0.234 e. The molecule has 0 bridgehead atoms. The molecule has 2 N–H and O–H groups in total. The quantitative estimate of drug-likeness (QED) is 0.792. The number of aliphatic hydroxyl groups is 1. The van der Waals surface area contributed by atoms with Gasteiger partial charge in [0.15, 0.2) is 0 Å². The standard InChI is InChI=1S/C12H16N2O3S/c1-10(2)9-18(16,17)14-12-7-3-5-11(13-12)6-4-8-15/h3,5,7,10,15H,8-9H2,1-2H3,(H,13,14). The summed E-state index contributed by atoms with van der Waals surface area (Å²) in [5, 5.41) is 8.57. The molecule has 0 aliphatic carbocycles. The van der Waals surface area contributed by atoms with Crippen LogP contribution in [0.15, 0.2) is 18.2 Å². The van der Waals surface area contributed by atoms with Crippen molar-refractivity contribution in [2.45, 2.75) is 13.8 Å². The average Bonchev–Trinajstić information content (AvgIpc) is 2.24. The van der Waals surface area contributed by atoms with Gasteiger partial charge in [-0.25, -0.2) is 13.4 Å². The first-order chi connectivity index (χ1) is 8.43. The maximum Gasteiger partial charge on any atom is 0.234 e. The number of aliphatic hydroxyl groups excluding tert-OH is 1. The molecule has 18 heavy (non-hydrogen) atoms. The van der Waals surface area contributed by atoms with Crippen LogP contribution in [0.3, 0.4) is 0 Å². The molecule has 0 saturated heterocycles. The maximum atomic E-state index is 11.7. The fraction of sp³-hybridized carbons (Fsp3) is 0.417. The maximum absolute atomic E-state index is 11.7. The third-order valence-corrected chi connectivity index (χ3v) is 3.48. The van der Waals surface area contributed by atoms with Crippen molar-refractivity contribution in [1.29, 1.82) is 0 Å². The minimum Gasteiger partial charge on any atom is -0.384 e. The zero-order valence-corrected chi connectivity index (χ0v) is 11.2. The highest BCUT2D eigenvalue weighted by atomic mass is 32.2. The minimum absolute atomic E-state index is 0.0415. The van der Waals surface area contributed by atoms with Crippen molar-refractivity contribution in [2.75, 3.05) is 17.1 Å². The number of sulfonamides is 1. The Balaban J connectivity index is 2.85. The Morgan fingerprint density at radius 3 is 2.78 bits per heavy atom. The summed E-state index contributed by atoms with van der Waals surface area (Å²) >= 11 is 0. The van der Waals surface area contributed by atoms with Crippen molar-refractivity contribution in [3.05, 3.63) is 23.9 Å². The van der Waals surface area contributed by atoms with Crippen LogP contribution in [0.25, 0.3) is 0 Å². The van der Waals surface area contributed by atoms with Gasteiger partial charge in [0.1, 0.15) is 18.1 Å². The van der Waals surface area contributed by atoms with Gasteiger partial charge in [0.25, 0.3) is 0 Å². The van der Waals surface area contributed by atoms with E-state index in [1.165, 1.54) is 0 Å². The van der Waals surface area contributed by atoms with Crippen molar-refractivity contribution in [3.8, 4) is 11.8 Å². The molecule has 1 heterocycles. The minimum atomic E-state index is -3.38. The van der Waals surface area contributed by atoms with Gasteiger partial charge in [0.05, 0.1) is 5.75 Å². The summed E-state index contributed by atoms with van der Waals surface area (Å²) in [6.45, 7) is 3.40. The van der Waals surface area contributed by atoms with Gasteiger partial charge in [-0.3, -0.25) is 4.72 Å². The predicted octanol–water partition coefficient (Wildman–Crippen LogP) is 0.823. The number of rotatable bonds is 4. The van der Waals surface area contributed by atoms with Crippen LogP contribution in [-0.4, -0.2) is 30.9 Å². The fourth-order valence-corrected chi connectivity index (χ4v) is 2.72. The summed E-state index contributed by atoms with van der Waals surface area (Å²) in [7, 11) is -3.38. The van der Waals surface area contributed by atoms with E-state index in [9.17, 15) is 8.42 Å². The zero-order valence-electron chi connectivity index (χ0n) is 10.3. The van der Waals surface area contributed by atoms with Gasteiger partial charge in [0.2, 0.25) is 10.0 Å². The molecule has 0 atom stereocenters. The Hall–Kier alpha value is -1.58. The summed E-state index contributed by atoms with van der Waals surface area (Å²) < 4.78 is 25.8. The molecule has 0 spiro atoms. The molecule has 1 aromatic heterocycles.